The van der Waals surface area contributed by atoms with Crippen molar-refractivity contribution in [2.45, 2.75) is 26.8 Å². The van der Waals surface area contributed by atoms with Crippen LogP contribution in [0.1, 0.15) is 22.5 Å². The quantitative estimate of drug-likeness (QED) is 0.556. The number of nitrogen functional groups attached to an aromatic ring is 1. The van der Waals surface area contributed by atoms with Gasteiger partial charge in [-0.1, -0.05) is 18.2 Å². The minimum Gasteiger partial charge on any atom is -0.366 e. The van der Waals surface area contributed by atoms with Gasteiger partial charge in [0.05, 0.1) is 18.3 Å². The Morgan fingerprint density at radius 3 is 2.69 bits per heavy atom. The van der Waals surface area contributed by atoms with Gasteiger partial charge < -0.3 is 10.6 Å². The summed E-state index contributed by atoms with van der Waals surface area (Å²) in [7, 11) is 1.78. The number of carbonyl (C=O) groups excluding carboxylic acids is 1. The summed E-state index contributed by atoms with van der Waals surface area (Å²) in [5.74, 6) is 0.587. The van der Waals surface area contributed by atoms with E-state index in [0.29, 0.717) is 12.3 Å². The van der Waals surface area contributed by atoms with Crippen molar-refractivity contribution in [1.29, 1.82) is 0 Å². The number of fused-ring (bicyclic) bond motifs is 1. The fraction of sp³-hybridized carbons (Fsp3) is 0.250. The molecule has 4 rings (SSSR count). The molecule has 2 N–H and O–H groups in total. The molecule has 0 aliphatic heterocycles. The van der Waals surface area contributed by atoms with E-state index in [0.717, 1.165) is 28.2 Å². The van der Waals surface area contributed by atoms with Crippen LogP contribution in [0.5, 0.6) is 0 Å². The van der Waals surface area contributed by atoms with Crippen LogP contribution in [0.15, 0.2) is 42.7 Å². The summed E-state index contributed by atoms with van der Waals surface area (Å²) >= 11 is 0. The number of aryl methyl sites for hydroxylation is 2. The first kappa shape index (κ1) is 18.6. The molecular weight excluding hydrogens is 368 g/mol. The van der Waals surface area contributed by atoms with E-state index in [1.807, 2.05) is 50.4 Å². The highest BCUT2D eigenvalue weighted by atomic mass is 16.2. The maximum Gasteiger partial charge on any atom is 0.254 e. The molecule has 0 atom stereocenters. The van der Waals surface area contributed by atoms with Crippen LogP contribution >= 0.6 is 0 Å². The van der Waals surface area contributed by atoms with Crippen molar-refractivity contribution in [3.8, 4) is 5.69 Å². The zero-order valence-corrected chi connectivity index (χ0v) is 16.6. The molecule has 1 aromatic carbocycles. The van der Waals surface area contributed by atoms with Crippen molar-refractivity contribution in [3.05, 3.63) is 65.2 Å². The summed E-state index contributed by atoms with van der Waals surface area (Å²) in [4.78, 5) is 23.0. The highest BCUT2D eigenvalue weighted by Crippen LogP contribution is 2.16. The molecule has 148 valence electrons. The first-order valence-corrected chi connectivity index (χ1v) is 9.23. The third-order valence-electron chi connectivity index (χ3n) is 4.90. The van der Waals surface area contributed by atoms with Crippen molar-refractivity contribution in [2.75, 3.05) is 12.8 Å². The maximum absolute atomic E-state index is 12.8. The Kier molecular flexibility index (Phi) is 4.71. The fourth-order valence-corrected chi connectivity index (χ4v) is 3.29. The van der Waals surface area contributed by atoms with Crippen molar-refractivity contribution in [1.82, 2.24) is 34.3 Å². The number of carbonyl (C=O) groups is 1. The number of hydrogen-bond donors (Lipinski definition) is 1. The number of hydrogen-bond acceptors (Lipinski definition) is 6. The molecule has 9 heteroatoms. The summed E-state index contributed by atoms with van der Waals surface area (Å²) in [6.07, 6.45) is 3.93. The number of aromatic nitrogens is 6. The highest BCUT2D eigenvalue weighted by molar-refractivity contribution is 5.79. The molecule has 29 heavy (non-hydrogen) atoms. The maximum atomic E-state index is 12.8. The van der Waals surface area contributed by atoms with Gasteiger partial charge in [-0.15, -0.1) is 5.10 Å². The normalized spacial score (nSPS) is 11.1. The number of para-hydroxylation sites is 1. The second kappa shape index (κ2) is 7.34. The summed E-state index contributed by atoms with van der Waals surface area (Å²) in [5, 5.41) is 8.54. The summed E-state index contributed by atoms with van der Waals surface area (Å²) in [6, 6.07) is 9.86. The first-order valence-electron chi connectivity index (χ1n) is 9.23. The number of nitrogens with zero attached hydrogens (tertiary/aromatic N) is 7. The summed E-state index contributed by atoms with van der Waals surface area (Å²) in [6.45, 7) is 4.22. The van der Waals surface area contributed by atoms with E-state index in [1.165, 1.54) is 0 Å². The van der Waals surface area contributed by atoms with Crippen LogP contribution in [-0.2, 0) is 17.8 Å². The van der Waals surface area contributed by atoms with Crippen LogP contribution in [0.3, 0.4) is 0 Å². The summed E-state index contributed by atoms with van der Waals surface area (Å²) < 4.78 is 3.38. The molecule has 3 aromatic heterocycles. The van der Waals surface area contributed by atoms with Gasteiger partial charge in [-0.3, -0.25) is 4.79 Å². The van der Waals surface area contributed by atoms with E-state index >= 15 is 0 Å². The molecule has 3 heterocycles. The van der Waals surface area contributed by atoms with Gasteiger partial charge in [-0.2, -0.15) is 14.6 Å². The second-order valence-electron chi connectivity index (χ2n) is 7.00. The Morgan fingerprint density at radius 1 is 1.17 bits per heavy atom. The monoisotopic (exact) mass is 390 g/mol. The third-order valence-corrected chi connectivity index (χ3v) is 4.90. The number of nitrogens with two attached hydrogens (primary N) is 1. The van der Waals surface area contributed by atoms with E-state index in [1.54, 1.807) is 27.3 Å². The molecule has 0 bridgehead atoms. The van der Waals surface area contributed by atoms with E-state index in [9.17, 15) is 4.79 Å². The van der Waals surface area contributed by atoms with Crippen molar-refractivity contribution in [3.63, 3.8) is 0 Å². The van der Waals surface area contributed by atoms with Crippen LogP contribution in [0.2, 0.25) is 0 Å². The van der Waals surface area contributed by atoms with Gasteiger partial charge in [-0.05, 0) is 26.0 Å². The molecule has 0 unspecified atom stereocenters. The molecule has 4 aromatic rings. The lowest BCUT2D eigenvalue weighted by Crippen LogP contribution is -2.28. The number of anilines is 1. The van der Waals surface area contributed by atoms with Gasteiger partial charge >= 0.3 is 0 Å². The lowest BCUT2D eigenvalue weighted by molar-refractivity contribution is -0.129. The fourth-order valence-electron chi connectivity index (χ4n) is 3.29. The van der Waals surface area contributed by atoms with Crippen molar-refractivity contribution < 1.29 is 4.79 Å². The molecule has 0 fully saturated rings. The Labute approximate surface area is 167 Å². The van der Waals surface area contributed by atoms with Crippen LogP contribution in [0.4, 0.5) is 5.95 Å². The van der Waals surface area contributed by atoms with E-state index < -0.39 is 0 Å². The Balaban J connectivity index is 1.49. The molecule has 0 aliphatic carbocycles. The zero-order chi connectivity index (χ0) is 20.5. The van der Waals surface area contributed by atoms with Gasteiger partial charge in [0.25, 0.3) is 5.78 Å². The van der Waals surface area contributed by atoms with Gasteiger partial charge in [0.2, 0.25) is 11.9 Å². The smallest absolute Gasteiger partial charge is 0.254 e. The standard InChI is InChI=1S/C20H22N8O/c1-13-17(14(2)28-20(23-13)24-19(21)25-28)9-18(29)26(3)11-15-10-22-27(12-15)16-7-5-4-6-8-16/h4-8,10,12H,9,11H2,1-3H3,(H2,21,25). The Hall–Kier alpha value is -3.75. The van der Waals surface area contributed by atoms with Crippen molar-refractivity contribution in [2.24, 2.45) is 0 Å². The van der Waals surface area contributed by atoms with Crippen LogP contribution in [-0.4, -0.2) is 47.2 Å². The molecule has 9 nitrogen and oxygen atoms in total. The van der Waals surface area contributed by atoms with Gasteiger partial charge in [0.15, 0.2) is 0 Å². The predicted octanol–water partition coefficient (Wildman–Crippen LogP) is 1.71. The number of benzene rings is 1. The van der Waals surface area contributed by atoms with E-state index in [-0.39, 0.29) is 18.3 Å². The second-order valence-corrected chi connectivity index (χ2v) is 7.00. The Morgan fingerprint density at radius 2 is 1.93 bits per heavy atom. The molecule has 0 aliphatic rings. The number of rotatable bonds is 5. The third kappa shape index (κ3) is 3.66. The van der Waals surface area contributed by atoms with Gasteiger partial charge in [0, 0.05) is 42.3 Å². The first-order chi connectivity index (χ1) is 13.9. The van der Waals surface area contributed by atoms with Gasteiger partial charge in [0.1, 0.15) is 0 Å². The van der Waals surface area contributed by atoms with Crippen LogP contribution in [0, 0.1) is 13.8 Å². The molecule has 1 amide bonds. The number of amides is 1. The van der Waals surface area contributed by atoms with Crippen LogP contribution in [0.25, 0.3) is 11.5 Å². The molecule has 0 radical (unpaired) electrons. The largest absolute Gasteiger partial charge is 0.366 e. The number of likely N-dealkylation sites (N-methyl/N-ethyl adjacent to an activating group) is 1. The minimum atomic E-state index is -0.0158. The highest BCUT2D eigenvalue weighted by Gasteiger charge is 2.18. The average Bonchev–Trinajstić information content (AvgIpc) is 3.32. The molecule has 0 saturated heterocycles. The predicted molar refractivity (Wildman–Crippen MR) is 108 cm³/mol. The summed E-state index contributed by atoms with van der Waals surface area (Å²) in [5.41, 5.74) is 10.0. The Bertz CT molecular complexity index is 1180. The minimum absolute atomic E-state index is 0.0158. The molecule has 0 saturated carbocycles. The van der Waals surface area contributed by atoms with E-state index in [2.05, 4.69) is 20.2 Å². The zero-order valence-electron chi connectivity index (χ0n) is 16.6. The molecule has 0 spiro atoms. The van der Waals surface area contributed by atoms with Gasteiger partial charge in [-0.25, -0.2) is 9.67 Å². The molecular formula is C20H22N8O. The average molecular weight is 390 g/mol. The van der Waals surface area contributed by atoms with Crippen molar-refractivity contribution >= 4 is 17.6 Å². The lowest BCUT2D eigenvalue weighted by atomic mass is 10.1. The lowest BCUT2D eigenvalue weighted by Gasteiger charge is -2.18. The SMILES string of the molecule is Cc1nc2nc(N)nn2c(C)c1CC(=O)N(C)Cc1cnn(-c2ccccc2)c1. The van der Waals surface area contributed by atoms with E-state index in [4.69, 9.17) is 5.73 Å². The van der Waals surface area contributed by atoms with Crippen LogP contribution < -0.4 is 5.73 Å². The topological polar surface area (TPSA) is 107 Å².